The van der Waals surface area contributed by atoms with Gasteiger partial charge in [0.15, 0.2) is 0 Å². The number of benzene rings is 2. The van der Waals surface area contributed by atoms with Gasteiger partial charge in [-0.25, -0.2) is 0 Å². The molecule has 0 amide bonds. The molecule has 1 fully saturated rings. The first kappa shape index (κ1) is 15.7. The van der Waals surface area contributed by atoms with Gasteiger partial charge < -0.3 is 0 Å². The lowest BCUT2D eigenvalue weighted by atomic mass is 9.74. The summed E-state index contributed by atoms with van der Waals surface area (Å²) in [5, 5.41) is 11.0. The van der Waals surface area contributed by atoms with Crippen molar-refractivity contribution in [2.45, 2.75) is 31.1 Å². The van der Waals surface area contributed by atoms with Crippen LogP contribution < -0.4 is 0 Å². The third-order valence-corrected chi connectivity index (χ3v) is 4.79. The SMILES string of the molecule is O=C1CC[C@H](c2ccccc2)C[C@H]1c1ccc([N+](=O)[O-])c(Cl)c1. The highest BCUT2D eigenvalue weighted by Crippen LogP contribution is 2.40. The van der Waals surface area contributed by atoms with Crippen molar-refractivity contribution in [1.29, 1.82) is 0 Å². The van der Waals surface area contributed by atoms with Gasteiger partial charge in [0.2, 0.25) is 0 Å². The molecule has 0 unspecified atom stereocenters. The summed E-state index contributed by atoms with van der Waals surface area (Å²) in [4.78, 5) is 22.7. The van der Waals surface area contributed by atoms with Gasteiger partial charge in [0.1, 0.15) is 10.8 Å². The number of Topliss-reactive ketones (excluding diaryl/α,β-unsaturated/α-hetero) is 1. The molecular formula is C18H16ClNO3. The summed E-state index contributed by atoms with van der Waals surface area (Å²) < 4.78 is 0. The fourth-order valence-corrected chi connectivity index (χ4v) is 3.52. The third-order valence-electron chi connectivity index (χ3n) is 4.49. The zero-order valence-corrected chi connectivity index (χ0v) is 13.2. The van der Waals surface area contributed by atoms with Crippen LogP contribution >= 0.6 is 11.6 Å². The van der Waals surface area contributed by atoms with Gasteiger partial charge in [0.05, 0.1) is 4.92 Å². The summed E-state index contributed by atoms with van der Waals surface area (Å²) in [6.07, 6.45) is 2.09. The Bertz CT molecular complexity index is 745. The predicted molar refractivity (Wildman–Crippen MR) is 88.9 cm³/mol. The Kier molecular flexibility index (Phi) is 4.44. The van der Waals surface area contributed by atoms with E-state index in [2.05, 4.69) is 12.1 Å². The van der Waals surface area contributed by atoms with Crippen molar-refractivity contribution in [1.82, 2.24) is 0 Å². The molecule has 0 heterocycles. The van der Waals surface area contributed by atoms with Gasteiger partial charge in [-0.3, -0.25) is 14.9 Å². The van der Waals surface area contributed by atoms with Crippen molar-refractivity contribution in [3.63, 3.8) is 0 Å². The van der Waals surface area contributed by atoms with Crippen molar-refractivity contribution in [3.05, 3.63) is 74.8 Å². The number of halogens is 1. The molecule has 1 aliphatic carbocycles. The van der Waals surface area contributed by atoms with Crippen LogP contribution in [0.1, 0.15) is 42.2 Å². The van der Waals surface area contributed by atoms with Gasteiger partial charge >= 0.3 is 0 Å². The molecule has 23 heavy (non-hydrogen) atoms. The summed E-state index contributed by atoms with van der Waals surface area (Å²) in [6, 6.07) is 14.8. The summed E-state index contributed by atoms with van der Waals surface area (Å²) in [5.74, 6) is 0.266. The monoisotopic (exact) mass is 329 g/mol. The van der Waals surface area contributed by atoms with E-state index in [0.717, 1.165) is 18.4 Å². The smallest absolute Gasteiger partial charge is 0.287 e. The minimum absolute atomic E-state index is 0.0853. The average Bonchev–Trinajstić information content (AvgIpc) is 2.55. The molecule has 1 aliphatic rings. The van der Waals surface area contributed by atoms with E-state index in [4.69, 9.17) is 11.6 Å². The van der Waals surface area contributed by atoms with Crippen LogP contribution in [0, 0.1) is 10.1 Å². The summed E-state index contributed by atoms with van der Waals surface area (Å²) in [7, 11) is 0. The maximum absolute atomic E-state index is 12.3. The molecule has 0 saturated heterocycles. The largest absolute Gasteiger partial charge is 0.299 e. The van der Waals surface area contributed by atoms with E-state index >= 15 is 0 Å². The maximum atomic E-state index is 12.3. The molecule has 3 rings (SSSR count). The maximum Gasteiger partial charge on any atom is 0.287 e. The van der Waals surface area contributed by atoms with Crippen LogP contribution in [-0.2, 0) is 4.79 Å². The first-order chi connectivity index (χ1) is 11.1. The number of ketones is 1. The standard InChI is InChI=1S/C18H16ClNO3/c19-16-11-14(6-8-17(16)20(22)23)15-10-13(7-9-18(15)21)12-4-2-1-3-5-12/h1-6,8,11,13,15H,7,9-10H2/t13-,15-/m0/s1. The Hall–Kier alpha value is -2.20. The second kappa shape index (κ2) is 6.50. The molecular weight excluding hydrogens is 314 g/mol. The molecule has 118 valence electrons. The van der Waals surface area contributed by atoms with Crippen molar-refractivity contribution in [2.24, 2.45) is 0 Å². The molecule has 5 heteroatoms. The average molecular weight is 330 g/mol. The van der Waals surface area contributed by atoms with Crippen LogP contribution in [-0.4, -0.2) is 10.7 Å². The van der Waals surface area contributed by atoms with Crippen LogP contribution in [0.2, 0.25) is 5.02 Å². The number of carbonyl (C=O) groups excluding carboxylic acids is 1. The van der Waals surface area contributed by atoms with Crippen molar-refractivity contribution < 1.29 is 9.72 Å². The number of hydrogen-bond donors (Lipinski definition) is 0. The number of nitro groups is 1. The van der Waals surface area contributed by atoms with Gasteiger partial charge in [0.25, 0.3) is 5.69 Å². The second-order valence-electron chi connectivity index (χ2n) is 5.87. The number of nitro benzene ring substituents is 1. The van der Waals surface area contributed by atoms with Crippen molar-refractivity contribution >= 4 is 23.1 Å². The fraction of sp³-hybridized carbons (Fsp3) is 0.278. The highest BCUT2D eigenvalue weighted by Gasteiger charge is 2.31. The molecule has 0 bridgehead atoms. The van der Waals surface area contributed by atoms with E-state index in [1.54, 1.807) is 12.1 Å². The van der Waals surface area contributed by atoms with Crippen LogP contribution in [0.5, 0.6) is 0 Å². The molecule has 4 nitrogen and oxygen atoms in total. The molecule has 0 spiro atoms. The van der Waals surface area contributed by atoms with E-state index in [9.17, 15) is 14.9 Å². The topological polar surface area (TPSA) is 60.2 Å². The van der Waals surface area contributed by atoms with Crippen LogP contribution in [0.25, 0.3) is 0 Å². The van der Waals surface area contributed by atoms with Crippen LogP contribution in [0.4, 0.5) is 5.69 Å². The fourth-order valence-electron chi connectivity index (χ4n) is 3.26. The van der Waals surface area contributed by atoms with E-state index in [1.807, 2.05) is 18.2 Å². The Morgan fingerprint density at radius 3 is 2.48 bits per heavy atom. The molecule has 2 atom stereocenters. The summed E-state index contributed by atoms with van der Waals surface area (Å²) >= 11 is 5.99. The van der Waals surface area contributed by atoms with Gasteiger partial charge in [-0.05, 0) is 36.0 Å². The quantitative estimate of drug-likeness (QED) is 0.596. The molecule has 2 aromatic rings. The minimum atomic E-state index is -0.512. The first-order valence-electron chi connectivity index (χ1n) is 7.57. The van der Waals surface area contributed by atoms with Crippen LogP contribution in [0.15, 0.2) is 48.5 Å². The first-order valence-corrected chi connectivity index (χ1v) is 7.95. The van der Waals surface area contributed by atoms with Crippen LogP contribution in [0.3, 0.4) is 0 Å². The van der Waals surface area contributed by atoms with E-state index in [0.29, 0.717) is 12.3 Å². The number of rotatable bonds is 3. The van der Waals surface area contributed by atoms with Gasteiger partial charge in [-0.2, -0.15) is 0 Å². The molecule has 2 aromatic carbocycles. The molecule has 0 aromatic heterocycles. The zero-order valence-electron chi connectivity index (χ0n) is 12.4. The van der Waals surface area contributed by atoms with E-state index in [-0.39, 0.29) is 22.4 Å². The third kappa shape index (κ3) is 3.27. The molecule has 0 N–H and O–H groups in total. The number of nitrogens with zero attached hydrogens (tertiary/aromatic N) is 1. The van der Waals surface area contributed by atoms with Gasteiger partial charge in [0, 0.05) is 18.4 Å². The molecule has 1 saturated carbocycles. The lowest BCUT2D eigenvalue weighted by Gasteiger charge is -2.28. The lowest BCUT2D eigenvalue weighted by Crippen LogP contribution is -2.22. The van der Waals surface area contributed by atoms with E-state index in [1.165, 1.54) is 11.6 Å². The molecule has 0 radical (unpaired) electrons. The second-order valence-corrected chi connectivity index (χ2v) is 6.28. The summed E-state index contributed by atoms with van der Waals surface area (Å²) in [5.41, 5.74) is 1.88. The Morgan fingerprint density at radius 1 is 1.09 bits per heavy atom. The minimum Gasteiger partial charge on any atom is -0.299 e. The van der Waals surface area contributed by atoms with Crippen molar-refractivity contribution in [3.8, 4) is 0 Å². The lowest BCUT2D eigenvalue weighted by molar-refractivity contribution is -0.384. The predicted octanol–water partition coefficient (Wildman–Crippen LogP) is 4.87. The highest BCUT2D eigenvalue weighted by atomic mass is 35.5. The van der Waals surface area contributed by atoms with Gasteiger partial charge in [-0.15, -0.1) is 0 Å². The van der Waals surface area contributed by atoms with E-state index < -0.39 is 4.92 Å². The van der Waals surface area contributed by atoms with Gasteiger partial charge in [-0.1, -0.05) is 48.0 Å². The number of carbonyl (C=O) groups is 1. The molecule has 0 aliphatic heterocycles. The van der Waals surface area contributed by atoms with Crippen molar-refractivity contribution in [2.75, 3.05) is 0 Å². The normalized spacial score (nSPS) is 21.2. The Morgan fingerprint density at radius 2 is 1.83 bits per heavy atom. The number of hydrogen-bond acceptors (Lipinski definition) is 3. The Balaban J connectivity index is 1.87. The Labute approximate surface area is 139 Å². The zero-order chi connectivity index (χ0) is 16.4. The summed E-state index contributed by atoms with van der Waals surface area (Å²) in [6.45, 7) is 0. The highest BCUT2D eigenvalue weighted by molar-refractivity contribution is 6.32.